The average Bonchev–Trinajstić information content (AvgIpc) is 2.90. The van der Waals surface area contributed by atoms with Gasteiger partial charge in [0.05, 0.1) is 0 Å². The first kappa shape index (κ1) is 14.2. The summed E-state index contributed by atoms with van der Waals surface area (Å²) in [6.07, 6.45) is 2.04. The highest BCUT2D eigenvalue weighted by atomic mass is 19.1. The van der Waals surface area contributed by atoms with Crippen molar-refractivity contribution in [2.45, 2.75) is 25.3 Å². The van der Waals surface area contributed by atoms with Crippen molar-refractivity contribution in [1.82, 2.24) is 5.43 Å². The molecule has 0 heterocycles. The molecule has 0 amide bonds. The monoisotopic (exact) mass is 288 g/mol. The van der Waals surface area contributed by atoms with Crippen molar-refractivity contribution < 1.29 is 8.78 Å². The number of halogens is 2. The molecular formula is C17H18F2N2. The quantitative estimate of drug-likeness (QED) is 0.670. The third-order valence-corrected chi connectivity index (χ3v) is 4.35. The second kappa shape index (κ2) is 5.92. The van der Waals surface area contributed by atoms with Crippen molar-refractivity contribution in [2.24, 2.45) is 11.8 Å². The summed E-state index contributed by atoms with van der Waals surface area (Å²) in [6.45, 7) is 0. The molecule has 3 rings (SSSR count). The van der Waals surface area contributed by atoms with Crippen LogP contribution in [-0.4, -0.2) is 6.04 Å². The molecule has 0 saturated carbocycles. The molecule has 0 saturated heterocycles. The van der Waals surface area contributed by atoms with Crippen LogP contribution in [0, 0.1) is 17.6 Å². The number of fused-ring (bicyclic) bond motifs is 1. The van der Waals surface area contributed by atoms with Crippen molar-refractivity contribution in [3.63, 3.8) is 0 Å². The Morgan fingerprint density at radius 3 is 2.10 bits per heavy atom. The van der Waals surface area contributed by atoms with Gasteiger partial charge in [-0.15, -0.1) is 0 Å². The fraction of sp³-hybridized carbons (Fsp3) is 0.294. The summed E-state index contributed by atoms with van der Waals surface area (Å²) >= 11 is 0. The summed E-state index contributed by atoms with van der Waals surface area (Å²) in [5, 5.41) is 0. The predicted molar refractivity (Wildman–Crippen MR) is 78.5 cm³/mol. The maximum Gasteiger partial charge on any atom is 0.129 e. The molecule has 0 spiro atoms. The SMILES string of the molecule is NNC(Cc1c(F)cccc1F)C1Cc2ccccc2C1. The second-order valence-corrected chi connectivity index (χ2v) is 5.61. The maximum atomic E-state index is 13.8. The Labute approximate surface area is 122 Å². The van der Waals surface area contributed by atoms with Crippen molar-refractivity contribution in [1.29, 1.82) is 0 Å². The Morgan fingerprint density at radius 2 is 1.57 bits per heavy atom. The molecule has 1 atom stereocenters. The van der Waals surface area contributed by atoms with Gasteiger partial charge in [0.2, 0.25) is 0 Å². The van der Waals surface area contributed by atoms with Crippen LogP contribution < -0.4 is 11.3 Å². The minimum atomic E-state index is -0.509. The first-order valence-corrected chi connectivity index (χ1v) is 7.15. The normalized spacial score (nSPS) is 16.0. The summed E-state index contributed by atoms with van der Waals surface area (Å²) < 4.78 is 27.6. The number of nitrogens with one attached hydrogen (secondary N) is 1. The third-order valence-electron chi connectivity index (χ3n) is 4.35. The lowest BCUT2D eigenvalue weighted by molar-refractivity contribution is 0.358. The third kappa shape index (κ3) is 2.82. The number of hydrogen-bond donors (Lipinski definition) is 2. The Hall–Kier alpha value is -1.78. The molecule has 0 bridgehead atoms. The minimum Gasteiger partial charge on any atom is -0.271 e. The van der Waals surface area contributed by atoms with Gasteiger partial charge in [0.15, 0.2) is 0 Å². The lowest BCUT2D eigenvalue weighted by atomic mass is 9.91. The van der Waals surface area contributed by atoms with E-state index in [1.807, 2.05) is 12.1 Å². The van der Waals surface area contributed by atoms with E-state index < -0.39 is 11.6 Å². The number of benzene rings is 2. The Bertz CT molecular complexity index is 597. The van der Waals surface area contributed by atoms with Crippen LogP contribution in [0.5, 0.6) is 0 Å². The molecule has 110 valence electrons. The Morgan fingerprint density at radius 1 is 1.00 bits per heavy atom. The lowest BCUT2D eigenvalue weighted by Gasteiger charge is -2.23. The van der Waals surface area contributed by atoms with Gasteiger partial charge in [-0.3, -0.25) is 11.3 Å². The van der Waals surface area contributed by atoms with Crippen LogP contribution in [0.1, 0.15) is 16.7 Å². The molecule has 0 aromatic heterocycles. The van der Waals surface area contributed by atoms with Gasteiger partial charge in [0, 0.05) is 11.6 Å². The molecule has 0 fully saturated rings. The second-order valence-electron chi connectivity index (χ2n) is 5.61. The van der Waals surface area contributed by atoms with E-state index in [1.54, 1.807) is 0 Å². The molecule has 3 N–H and O–H groups in total. The standard InChI is InChI=1S/C17H18F2N2/c18-15-6-3-7-16(19)14(15)10-17(21-20)13-8-11-4-1-2-5-12(11)9-13/h1-7,13,17,21H,8-10,20H2. The van der Waals surface area contributed by atoms with Gasteiger partial charge in [0.25, 0.3) is 0 Å². The lowest BCUT2D eigenvalue weighted by Crippen LogP contribution is -2.43. The van der Waals surface area contributed by atoms with Crippen molar-refractivity contribution in [3.8, 4) is 0 Å². The summed E-state index contributed by atoms with van der Waals surface area (Å²) in [5.74, 6) is 4.88. The van der Waals surface area contributed by atoms with Gasteiger partial charge in [-0.2, -0.15) is 0 Å². The van der Waals surface area contributed by atoms with Crippen LogP contribution >= 0.6 is 0 Å². The number of hydrogen-bond acceptors (Lipinski definition) is 2. The number of nitrogens with two attached hydrogens (primary N) is 1. The van der Waals surface area contributed by atoms with Crippen molar-refractivity contribution in [3.05, 3.63) is 70.8 Å². The highest BCUT2D eigenvalue weighted by Gasteiger charge is 2.29. The molecule has 2 aromatic rings. The van der Waals surface area contributed by atoms with Gasteiger partial charge in [0.1, 0.15) is 11.6 Å². The molecule has 0 radical (unpaired) electrons. The van der Waals surface area contributed by atoms with Gasteiger partial charge in [-0.1, -0.05) is 30.3 Å². The first-order chi connectivity index (χ1) is 10.2. The van der Waals surface area contributed by atoms with E-state index in [-0.39, 0.29) is 23.9 Å². The minimum absolute atomic E-state index is 0.108. The van der Waals surface area contributed by atoms with E-state index in [9.17, 15) is 8.78 Å². The molecule has 1 unspecified atom stereocenters. The smallest absolute Gasteiger partial charge is 0.129 e. The van der Waals surface area contributed by atoms with E-state index in [2.05, 4.69) is 17.6 Å². The fourth-order valence-corrected chi connectivity index (χ4v) is 3.19. The van der Waals surface area contributed by atoms with E-state index in [1.165, 1.54) is 29.3 Å². The number of rotatable bonds is 4. The van der Waals surface area contributed by atoms with Crippen LogP contribution in [0.15, 0.2) is 42.5 Å². The zero-order chi connectivity index (χ0) is 14.8. The van der Waals surface area contributed by atoms with Gasteiger partial charge >= 0.3 is 0 Å². The zero-order valence-corrected chi connectivity index (χ0v) is 11.7. The molecule has 21 heavy (non-hydrogen) atoms. The molecular weight excluding hydrogens is 270 g/mol. The fourth-order valence-electron chi connectivity index (χ4n) is 3.19. The van der Waals surface area contributed by atoms with E-state index >= 15 is 0 Å². The number of hydrazine groups is 1. The molecule has 0 aliphatic heterocycles. The molecule has 1 aliphatic rings. The highest BCUT2D eigenvalue weighted by molar-refractivity contribution is 5.33. The van der Waals surface area contributed by atoms with E-state index in [0.29, 0.717) is 0 Å². The highest BCUT2D eigenvalue weighted by Crippen LogP contribution is 2.30. The summed E-state index contributed by atoms with van der Waals surface area (Å²) in [5.41, 5.74) is 5.46. The zero-order valence-electron chi connectivity index (χ0n) is 11.7. The molecule has 2 nitrogen and oxygen atoms in total. The van der Waals surface area contributed by atoms with Crippen LogP contribution in [0.2, 0.25) is 0 Å². The molecule has 4 heteroatoms. The summed E-state index contributed by atoms with van der Waals surface area (Å²) in [6, 6.07) is 12.0. The predicted octanol–water partition coefficient (Wildman–Crippen LogP) is 2.75. The average molecular weight is 288 g/mol. The topological polar surface area (TPSA) is 38.0 Å². The van der Waals surface area contributed by atoms with E-state index in [0.717, 1.165) is 12.8 Å². The molecule has 1 aliphatic carbocycles. The Balaban J connectivity index is 1.78. The van der Waals surface area contributed by atoms with Crippen LogP contribution in [0.25, 0.3) is 0 Å². The van der Waals surface area contributed by atoms with Crippen molar-refractivity contribution in [2.75, 3.05) is 0 Å². The van der Waals surface area contributed by atoms with Crippen molar-refractivity contribution >= 4 is 0 Å². The summed E-state index contributed by atoms with van der Waals surface area (Å²) in [4.78, 5) is 0. The van der Waals surface area contributed by atoms with Crippen LogP contribution in [-0.2, 0) is 19.3 Å². The Kier molecular flexibility index (Phi) is 3.99. The maximum absolute atomic E-state index is 13.8. The summed E-state index contributed by atoms with van der Waals surface area (Å²) in [7, 11) is 0. The molecule has 2 aromatic carbocycles. The van der Waals surface area contributed by atoms with E-state index in [4.69, 9.17) is 5.84 Å². The largest absolute Gasteiger partial charge is 0.271 e. The van der Waals surface area contributed by atoms with Crippen LogP contribution in [0.3, 0.4) is 0 Å². The van der Waals surface area contributed by atoms with Gasteiger partial charge in [-0.25, -0.2) is 8.78 Å². The van der Waals surface area contributed by atoms with Gasteiger partial charge < -0.3 is 0 Å². The van der Waals surface area contributed by atoms with Gasteiger partial charge in [-0.05, 0) is 48.4 Å². The van der Waals surface area contributed by atoms with Crippen LogP contribution in [0.4, 0.5) is 8.78 Å². The first-order valence-electron chi connectivity index (χ1n) is 7.15.